The minimum atomic E-state index is -3.48. The number of anilines is 1. The Morgan fingerprint density at radius 2 is 1.79 bits per heavy atom. The van der Waals surface area contributed by atoms with Crippen molar-refractivity contribution in [3.8, 4) is 0 Å². The van der Waals surface area contributed by atoms with Crippen LogP contribution in [0.3, 0.4) is 0 Å². The number of rotatable bonds is 5. The first kappa shape index (κ1) is 16.5. The summed E-state index contributed by atoms with van der Waals surface area (Å²) in [5, 5.41) is 2.69. The molecule has 1 saturated carbocycles. The topological polar surface area (TPSA) is 92.3 Å². The maximum Gasteiger partial charge on any atom is 0.276 e. The van der Waals surface area contributed by atoms with Gasteiger partial charge in [0.15, 0.2) is 0 Å². The highest BCUT2D eigenvalue weighted by molar-refractivity contribution is 7.89. The Kier molecular flexibility index (Phi) is 4.33. The Bertz CT molecular complexity index is 861. The lowest BCUT2D eigenvalue weighted by Gasteiger charge is -2.16. The molecular weight excluding hydrogens is 328 g/mol. The van der Waals surface area contributed by atoms with E-state index in [-0.39, 0.29) is 22.5 Å². The van der Waals surface area contributed by atoms with Crippen LogP contribution in [0, 0.1) is 6.92 Å². The molecule has 1 aromatic heterocycles. The summed E-state index contributed by atoms with van der Waals surface area (Å²) in [5.74, 6) is -0.383. The van der Waals surface area contributed by atoms with Crippen LogP contribution in [-0.2, 0) is 10.0 Å². The van der Waals surface area contributed by atoms with Crippen molar-refractivity contribution in [2.24, 2.45) is 0 Å². The third kappa shape index (κ3) is 3.29. The number of sulfonamides is 1. The molecule has 2 aromatic rings. The molecule has 0 saturated heterocycles. The van der Waals surface area contributed by atoms with E-state index in [0.29, 0.717) is 11.4 Å². The van der Waals surface area contributed by atoms with Gasteiger partial charge in [-0.2, -0.15) is 4.31 Å². The van der Waals surface area contributed by atoms with Gasteiger partial charge in [-0.1, -0.05) is 0 Å². The molecule has 1 aliphatic carbocycles. The summed E-state index contributed by atoms with van der Waals surface area (Å²) >= 11 is 0. The number of amides is 1. The number of aromatic nitrogens is 2. The van der Waals surface area contributed by atoms with Crippen LogP contribution in [0.5, 0.6) is 0 Å². The molecule has 1 N–H and O–H groups in total. The highest BCUT2D eigenvalue weighted by atomic mass is 32.2. The van der Waals surface area contributed by atoms with Gasteiger partial charge in [-0.05, 0) is 44.0 Å². The molecule has 126 valence electrons. The van der Waals surface area contributed by atoms with Crippen LogP contribution in [-0.4, -0.2) is 41.7 Å². The molecule has 24 heavy (non-hydrogen) atoms. The summed E-state index contributed by atoms with van der Waals surface area (Å²) in [7, 11) is -1.88. The van der Waals surface area contributed by atoms with E-state index in [2.05, 4.69) is 15.3 Å². The van der Waals surface area contributed by atoms with E-state index in [1.165, 1.54) is 28.8 Å². The van der Waals surface area contributed by atoms with E-state index in [9.17, 15) is 13.2 Å². The van der Waals surface area contributed by atoms with Gasteiger partial charge in [0, 0.05) is 31.2 Å². The number of carbonyl (C=O) groups is 1. The van der Waals surface area contributed by atoms with Crippen molar-refractivity contribution >= 4 is 21.6 Å². The molecule has 0 bridgehead atoms. The fraction of sp³-hybridized carbons (Fsp3) is 0.312. The molecule has 1 aliphatic rings. The summed E-state index contributed by atoms with van der Waals surface area (Å²) < 4.78 is 26.3. The molecule has 1 aromatic carbocycles. The van der Waals surface area contributed by atoms with Crippen molar-refractivity contribution in [2.45, 2.75) is 30.7 Å². The summed E-state index contributed by atoms with van der Waals surface area (Å²) in [6.45, 7) is 1.70. The monoisotopic (exact) mass is 346 g/mol. The van der Waals surface area contributed by atoms with E-state index in [1.807, 2.05) is 0 Å². The molecule has 3 rings (SSSR count). The van der Waals surface area contributed by atoms with E-state index in [0.717, 1.165) is 12.8 Å². The van der Waals surface area contributed by atoms with Crippen molar-refractivity contribution in [1.82, 2.24) is 14.3 Å². The zero-order valence-corrected chi connectivity index (χ0v) is 14.2. The van der Waals surface area contributed by atoms with Gasteiger partial charge in [0.05, 0.1) is 10.6 Å². The second-order valence-corrected chi connectivity index (χ2v) is 7.72. The lowest BCUT2D eigenvalue weighted by molar-refractivity contribution is 0.102. The van der Waals surface area contributed by atoms with Crippen molar-refractivity contribution < 1.29 is 13.2 Å². The third-order valence-corrected chi connectivity index (χ3v) is 5.87. The predicted octanol–water partition coefficient (Wildman–Crippen LogP) is 1.82. The first-order chi connectivity index (χ1) is 11.4. The number of carbonyl (C=O) groups excluding carboxylic acids is 1. The Labute approximate surface area is 140 Å². The molecule has 1 fully saturated rings. The van der Waals surface area contributed by atoms with Crippen LogP contribution >= 0.6 is 0 Å². The lowest BCUT2D eigenvalue weighted by atomic mass is 10.2. The minimum absolute atomic E-state index is 0.106. The number of benzene rings is 1. The molecule has 1 amide bonds. The summed E-state index contributed by atoms with van der Waals surface area (Å²) in [5.41, 5.74) is 1.26. The van der Waals surface area contributed by atoms with E-state index in [4.69, 9.17) is 0 Å². The van der Waals surface area contributed by atoms with Crippen molar-refractivity contribution in [2.75, 3.05) is 12.4 Å². The van der Waals surface area contributed by atoms with E-state index in [1.54, 1.807) is 26.1 Å². The van der Waals surface area contributed by atoms with Crippen LogP contribution in [0.15, 0.2) is 41.6 Å². The molecule has 1 heterocycles. The minimum Gasteiger partial charge on any atom is -0.321 e. The summed E-state index contributed by atoms with van der Waals surface area (Å²) in [4.78, 5) is 20.4. The first-order valence-corrected chi connectivity index (χ1v) is 9.00. The average Bonchev–Trinajstić information content (AvgIpc) is 3.40. The van der Waals surface area contributed by atoms with Crippen molar-refractivity contribution in [3.05, 3.63) is 48.0 Å². The average molecular weight is 346 g/mol. The number of hydrogen-bond acceptors (Lipinski definition) is 5. The van der Waals surface area contributed by atoms with Crippen LogP contribution in [0.25, 0.3) is 0 Å². The molecule has 0 unspecified atom stereocenters. The smallest absolute Gasteiger partial charge is 0.276 e. The van der Waals surface area contributed by atoms with E-state index >= 15 is 0 Å². The molecular formula is C16H18N4O3S. The second-order valence-electron chi connectivity index (χ2n) is 5.72. The van der Waals surface area contributed by atoms with Gasteiger partial charge in [-0.15, -0.1) is 0 Å². The zero-order chi connectivity index (χ0) is 17.3. The number of hydrogen-bond donors (Lipinski definition) is 1. The van der Waals surface area contributed by atoms with Gasteiger partial charge < -0.3 is 5.32 Å². The van der Waals surface area contributed by atoms with Crippen LogP contribution in [0.1, 0.15) is 29.0 Å². The molecule has 0 atom stereocenters. The van der Waals surface area contributed by atoms with Gasteiger partial charge in [0.2, 0.25) is 10.0 Å². The van der Waals surface area contributed by atoms with Crippen LogP contribution in [0.2, 0.25) is 0 Å². The van der Waals surface area contributed by atoms with Crippen molar-refractivity contribution in [3.63, 3.8) is 0 Å². The largest absolute Gasteiger partial charge is 0.321 e. The molecule has 0 aliphatic heterocycles. The van der Waals surface area contributed by atoms with Gasteiger partial charge >= 0.3 is 0 Å². The molecule has 0 radical (unpaired) electrons. The fourth-order valence-electron chi connectivity index (χ4n) is 2.33. The maximum atomic E-state index is 12.4. The standard InChI is InChI=1S/C16H18N4O3S/c1-11-15(18-10-9-17-11)16(21)19-12-3-7-14(8-4-12)24(22,23)20(2)13-5-6-13/h3-4,7-10,13H,5-6H2,1-2H3,(H,19,21). The number of nitrogens with one attached hydrogen (secondary N) is 1. The Balaban J connectivity index is 1.75. The van der Waals surface area contributed by atoms with Crippen molar-refractivity contribution in [1.29, 1.82) is 0 Å². The normalized spacial score (nSPS) is 14.6. The SMILES string of the molecule is Cc1nccnc1C(=O)Nc1ccc(S(=O)(=O)N(C)C2CC2)cc1. The molecule has 0 spiro atoms. The van der Waals surface area contributed by atoms with Gasteiger partial charge in [0.1, 0.15) is 5.69 Å². The van der Waals surface area contributed by atoms with Gasteiger partial charge in [0.25, 0.3) is 5.91 Å². The Morgan fingerprint density at radius 3 is 2.38 bits per heavy atom. The lowest BCUT2D eigenvalue weighted by Crippen LogP contribution is -2.28. The Hall–Kier alpha value is -2.32. The van der Waals surface area contributed by atoms with E-state index < -0.39 is 10.0 Å². The van der Waals surface area contributed by atoms with Crippen LogP contribution in [0.4, 0.5) is 5.69 Å². The van der Waals surface area contributed by atoms with Crippen LogP contribution < -0.4 is 5.32 Å². The zero-order valence-electron chi connectivity index (χ0n) is 13.4. The van der Waals surface area contributed by atoms with Gasteiger partial charge in [-0.3, -0.25) is 9.78 Å². The fourth-order valence-corrected chi connectivity index (χ4v) is 3.75. The molecule has 8 heteroatoms. The predicted molar refractivity (Wildman–Crippen MR) is 89.1 cm³/mol. The Morgan fingerprint density at radius 1 is 1.17 bits per heavy atom. The quantitative estimate of drug-likeness (QED) is 0.891. The van der Waals surface area contributed by atoms with Gasteiger partial charge in [-0.25, -0.2) is 13.4 Å². The third-order valence-electron chi connectivity index (χ3n) is 3.95. The highest BCUT2D eigenvalue weighted by Crippen LogP contribution is 2.30. The molecule has 7 nitrogen and oxygen atoms in total. The highest BCUT2D eigenvalue weighted by Gasteiger charge is 2.34. The maximum absolute atomic E-state index is 12.4. The number of nitrogens with zero attached hydrogens (tertiary/aromatic N) is 3. The second kappa shape index (κ2) is 6.29. The summed E-state index contributed by atoms with van der Waals surface area (Å²) in [6.07, 6.45) is 4.77. The summed E-state index contributed by atoms with van der Waals surface area (Å²) in [6, 6.07) is 6.23. The number of aryl methyl sites for hydroxylation is 1. The first-order valence-electron chi connectivity index (χ1n) is 7.56.